The molecule has 146 valence electrons. The fraction of sp³-hybridized carbons (Fsp3) is 0.625. The van der Waals surface area contributed by atoms with E-state index in [-0.39, 0.29) is 49.3 Å². The Kier molecular flexibility index (Phi) is 7.18. The molecular weight excluding hydrogens is 362 g/mol. The number of nitrogens with one attached hydrogen (secondary N) is 2. The number of ether oxygens (including phenoxy) is 1. The minimum absolute atomic E-state index is 0.0248. The molecule has 0 aromatic carbocycles. The Morgan fingerprint density at radius 3 is 2.50 bits per heavy atom. The maximum absolute atomic E-state index is 12.3. The van der Waals surface area contributed by atoms with E-state index in [9.17, 15) is 18.0 Å². The van der Waals surface area contributed by atoms with Crippen LogP contribution in [0.25, 0.3) is 0 Å². The average Bonchev–Trinajstić information content (AvgIpc) is 3.08. The molecule has 1 aromatic heterocycles. The first-order chi connectivity index (χ1) is 12.3. The summed E-state index contributed by atoms with van der Waals surface area (Å²) in [7, 11) is -3.45. The largest absolute Gasteiger partial charge is 0.472 e. The fourth-order valence-corrected chi connectivity index (χ4v) is 4.17. The molecule has 0 aliphatic carbocycles. The van der Waals surface area contributed by atoms with E-state index in [2.05, 4.69) is 10.6 Å². The number of furan rings is 1. The molecule has 2 atom stereocenters. The molecule has 9 nitrogen and oxygen atoms in total. The van der Waals surface area contributed by atoms with E-state index < -0.39 is 10.0 Å². The van der Waals surface area contributed by atoms with Crippen molar-refractivity contribution >= 4 is 21.8 Å². The molecule has 1 aromatic rings. The molecule has 10 heteroatoms. The molecule has 1 aliphatic rings. The summed E-state index contributed by atoms with van der Waals surface area (Å²) >= 11 is 0. The van der Waals surface area contributed by atoms with Crippen molar-refractivity contribution in [3.63, 3.8) is 0 Å². The molecule has 1 fully saturated rings. The van der Waals surface area contributed by atoms with Gasteiger partial charge < -0.3 is 19.8 Å². The van der Waals surface area contributed by atoms with Crippen LogP contribution in [0.5, 0.6) is 0 Å². The summed E-state index contributed by atoms with van der Waals surface area (Å²) in [6, 6.07) is 1.52. The van der Waals surface area contributed by atoms with E-state index in [0.29, 0.717) is 18.7 Å². The van der Waals surface area contributed by atoms with Gasteiger partial charge in [0.25, 0.3) is 5.91 Å². The minimum Gasteiger partial charge on any atom is -0.472 e. The maximum Gasteiger partial charge on any atom is 0.254 e. The van der Waals surface area contributed by atoms with E-state index >= 15 is 0 Å². The Hall–Kier alpha value is -1.91. The van der Waals surface area contributed by atoms with Gasteiger partial charge in [0, 0.05) is 32.6 Å². The molecule has 2 rings (SSSR count). The third-order valence-corrected chi connectivity index (χ3v) is 5.69. The summed E-state index contributed by atoms with van der Waals surface area (Å²) in [6.07, 6.45) is 2.46. The smallest absolute Gasteiger partial charge is 0.254 e. The Bertz CT molecular complexity index is 694. The highest BCUT2D eigenvalue weighted by atomic mass is 32.2. The number of nitrogens with zero attached hydrogens (tertiary/aromatic N) is 1. The molecule has 2 amide bonds. The second-order valence-electron chi connectivity index (χ2n) is 6.26. The first-order valence-corrected chi connectivity index (χ1v) is 10.1. The topological polar surface area (TPSA) is 118 Å². The van der Waals surface area contributed by atoms with Crippen LogP contribution in [0, 0.1) is 0 Å². The SMILES string of the molecule is C[C@H]1CN(S(=O)(=O)CCNC(=O)CCNC(=O)c2ccoc2)C[C@H](C)O1. The molecule has 2 heterocycles. The van der Waals surface area contributed by atoms with Gasteiger partial charge in [-0.2, -0.15) is 4.31 Å². The van der Waals surface area contributed by atoms with Gasteiger partial charge in [0.1, 0.15) is 6.26 Å². The molecule has 1 aliphatic heterocycles. The van der Waals surface area contributed by atoms with Crippen molar-refractivity contribution in [1.82, 2.24) is 14.9 Å². The number of rotatable bonds is 8. The van der Waals surface area contributed by atoms with E-state index in [1.54, 1.807) is 0 Å². The minimum atomic E-state index is -3.45. The lowest BCUT2D eigenvalue weighted by Crippen LogP contribution is -2.49. The second kappa shape index (κ2) is 9.15. The van der Waals surface area contributed by atoms with Crippen LogP contribution in [0.1, 0.15) is 30.6 Å². The number of amides is 2. The van der Waals surface area contributed by atoms with Crippen molar-refractivity contribution in [2.45, 2.75) is 32.5 Å². The van der Waals surface area contributed by atoms with E-state index in [4.69, 9.17) is 9.15 Å². The predicted molar refractivity (Wildman–Crippen MR) is 94.0 cm³/mol. The Balaban J connectivity index is 1.66. The Morgan fingerprint density at radius 1 is 1.19 bits per heavy atom. The average molecular weight is 387 g/mol. The highest BCUT2D eigenvalue weighted by Crippen LogP contribution is 2.14. The third-order valence-electron chi connectivity index (χ3n) is 3.88. The van der Waals surface area contributed by atoms with Crippen molar-refractivity contribution in [3.8, 4) is 0 Å². The number of morpholine rings is 1. The Morgan fingerprint density at radius 2 is 1.88 bits per heavy atom. The number of sulfonamides is 1. The monoisotopic (exact) mass is 387 g/mol. The van der Waals surface area contributed by atoms with Crippen LogP contribution in [0.4, 0.5) is 0 Å². The number of carbonyl (C=O) groups excluding carboxylic acids is 2. The van der Waals surface area contributed by atoms with Crippen molar-refractivity contribution in [1.29, 1.82) is 0 Å². The molecule has 0 bridgehead atoms. The molecule has 1 saturated heterocycles. The van der Waals surface area contributed by atoms with E-state index in [0.717, 1.165) is 0 Å². The van der Waals surface area contributed by atoms with Crippen LogP contribution >= 0.6 is 0 Å². The van der Waals surface area contributed by atoms with Gasteiger partial charge >= 0.3 is 0 Å². The summed E-state index contributed by atoms with van der Waals surface area (Å²) in [4.78, 5) is 23.4. The van der Waals surface area contributed by atoms with Gasteiger partial charge in [-0.05, 0) is 19.9 Å². The molecule has 0 saturated carbocycles. The normalized spacial score (nSPS) is 21.3. The quantitative estimate of drug-likeness (QED) is 0.646. The van der Waals surface area contributed by atoms with E-state index in [1.165, 1.54) is 22.9 Å². The van der Waals surface area contributed by atoms with Crippen molar-refractivity contribution in [3.05, 3.63) is 24.2 Å². The Labute approximate surface area is 153 Å². The van der Waals surface area contributed by atoms with Crippen LogP contribution in [-0.4, -0.2) is 68.7 Å². The summed E-state index contributed by atoms with van der Waals surface area (Å²) < 4.78 is 36.4. The zero-order chi connectivity index (χ0) is 19.2. The summed E-state index contributed by atoms with van der Waals surface area (Å²) in [5, 5.41) is 5.15. The first-order valence-electron chi connectivity index (χ1n) is 8.48. The second-order valence-corrected chi connectivity index (χ2v) is 8.35. The molecular formula is C16H25N3O6S. The highest BCUT2D eigenvalue weighted by Gasteiger charge is 2.30. The standard InChI is InChI=1S/C16H25N3O6S/c1-12-9-19(10-13(2)25-12)26(22,23)8-6-17-15(20)3-5-18-16(21)14-4-7-24-11-14/h4,7,11-13H,3,5-6,8-10H2,1-2H3,(H,17,20)(H,18,21)/t12-,13-/m0/s1. The number of hydrogen-bond acceptors (Lipinski definition) is 6. The van der Waals surface area contributed by atoms with Crippen LogP contribution in [0.3, 0.4) is 0 Å². The van der Waals surface area contributed by atoms with Crippen LogP contribution in [0.2, 0.25) is 0 Å². The molecule has 0 spiro atoms. The molecule has 0 unspecified atom stereocenters. The van der Waals surface area contributed by atoms with Gasteiger partial charge in [-0.15, -0.1) is 0 Å². The number of carbonyl (C=O) groups is 2. The van der Waals surface area contributed by atoms with Crippen LogP contribution < -0.4 is 10.6 Å². The lowest BCUT2D eigenvalue weighted by Gasteiger charge is -2.34. The summed E-state index contributed by atoms with van der Waals surface area (Å²) in [6.45, 7) is 4.48. The lowest BCUT2D eigenvalue weighted by molar-refractivity contribution is -0.120. The maximum atomic E-state index is 12.3. The number of hydrogen-bond donors (Lipinski definition) is 2. The lowest BCUT2D eigenvalue weighted by atomic mass is 10.3. The molecule has 2 N–H and O–H groups in total. The zero-order valence-electron chi connectivity index (χ0n) is 14.9. The molecule has 26 heavy (non-hydrogen) atoms. The zero-order valence-corrected chi connectivity index (χ0v) is 15.8. The fourth-order valence-electron chi connectivity index (χ4n) is 2.68. The van der Waals surface area contributed by atoms with Gasteiger partial charge in [0.05, 0.1) is 29.8 Å². The third kappa shape index (κ3) is 6.11. The van der Waals surface area contributed by atoms with Crippen molar-refractivity contribution in [2.75, 3.05) is 31.9 Å². The first kappa shape index (κ1) is 20.4. The van der Waals surface area contributed by atoms with Gasteiger partial charge in [-0.1, -0.05) is 0 Å². The van der Waals surface area contributed by atoms with Gasteiger partial charge in [-0.3, -0.25) is 9.59 Å². The summed E-state index contributed by atoms with van der Waals surface area (Å²) in [5.74, 6) is -0.819. The van der Waals surface area contributed by atoms with Gasteiger partial charge in [0.15, 0.2) is 0 Å². The van der Waals surface area contributed by atoms with E-state index in [1.807, 2.05) is 13.8 Å². The van der Waals surface area contributed by atoms with Crippen molar-refractivity contribution in [2.24, 2.45) is 0 Å². The van der Waals surface area contributed by atoms with Crippen LogP contribution in [-0.2, 0) is 19.6 Å². The summed E-state index contributed by atoms with van der Waals surface area (Å²) in [5.41, 5.74) is 0.380. The van der Waals surface area contributed by atoms with Gasteiger partial charge in [0.2, 0.25) is 15.9 Å². The van der Waals surface area contributed by atoms with Gasteiger partial charge in [-0.25, -0.2) is 8.42 Å². The highest BCUT2D eigenvalue weighted by molar-refractivity contribution is 7.89. The molecule has 0 radical (unpaired) electrons. The van der Waals surface area contributed by atoms with Crippen LogP contribution in [0.15, 0.2) is 23.0 Å². The van der Waals surface area contributed by atoms with Crippen molar-refractivity contribution < 1.29 is 27.2 Å². The predicted octanol–water partition coefficient (Wildman–Crippen LogP) is -0.0453.